The van der Waals surface area contributed by atoms with Gasteiger partial charge in [-0.25, -0.2) is 4.79 Å². The Bertz CT molecular complexity index is 1370. The van der Waals surface area contributed by atoms with Crippen LogP contribution in [-0.2, 0) is 11.3 Å². The fraction of sp³-hybridized carbons (Fsp3) is 0.346. The Hall–Kier alpha value is -2.55. The molecule has 180 valence electrons. The second-order valence-corrected chi connectivity index (χ2v) is 12.2. The quantitative estimate of drug-likeness (QED) is 0.455. The molecular weight excluding hydrogens is 504 g/mol. The molecule has 5 unspecified atom stereocenters. The lowest BCUT2D eigenvalue weighted by Gasteiger charge is -2.40. The van der Waals surface area contributed by atoms with Gasteiger partial charge in [0.05, 0.1) is 10.6 Å². The number of nitrogens with zero attached hydrogens (tertiary/aromatic N) is 1. The van der Waals surface area contributed by atoms with Gasteiger partial charge in [-0.05, 0) is 79.0 Å². The number of carbonyl (C=O) groups excluding carboxylic acids is 1. The van der Waals surface area contributed by atoms with Crippen LogP contribution in [0.1, 0.15) is 46.0 Å². The Kier molecular flexibility index (Phi) is 5.78. The van der Waals surface area contributed by atoms with E-state index >= 15 is 0 Å². The highest BCUT2D eigenvalue weighted by molar-refractivity contribution is 8.00. The van der Waals surface area contributed by atoms with E-state index in [0.717, 1.165) is 9.90 Å². The van der Waals surface area contributed by atoms with Crippen LogP contribution in [0, 0.1) is 17.8 Å². The van der Waals surface area contributed by atoms with Crippen LogP contribution in [0.15, 0.2) is 58.4 Å². The van der Waals surface area contributed by atoms with Crippen molar-refractivity contribution in [2.24, 2.45) is 17.8 Å². The van der Waals surface area contributed by atoms with Crippen LogP contribution in [-0.4, -0.2) is 26.8 Å². The van der Waals surface area contributed by atoms with Crippen molar-refractivity contribution in [1.29, 1.82) is 0 Å². The van der Waals surface area contributed by atoms with Gasteiger partial charge < -0.3 is 10.4 Å². The molecule has 6 rings (SSSR count). The largest absolute Gasteiger partial charge is 0.478 e. The lowest BCUT2D eigenvalue weighted by Crippen LogP contribution is -2.34. The molecule has 0 radical (unpaired) electrons. The van der Waals surface area contributed by atoms with E-state index in [-0.39, 0.29) is 28.8 Å². The lowest BCUT2D eigenvalue weighted by molar-refractivity contribution is -0.116. The highest BCUT2D eigenvalue weighted by atomic mass is 35.5. The molecule has 0 saturated heterocycles. The van der Waals surface area contributed by atoms with Gasteiger partial charge in [0.15, 0.2) is 0 Å². The van der Waals surface area contributed by atoms with Gasteiger partial charge in [0.2, 0.25) is 5.91 Å². The lowest BCUT2D eigenvalue weighted by atomic mass is 9.75. The third-order valence-corrected chi connectivity index (χ3v) is 10.7. The zero-order valence-electron chi connectivity index (χ0n) is 18.6. The van der Waals surface area contributed by atoms with Gasteiger partial charge in [-0.2, -0.15) is 0 Å². The van der Waals surface area contributed by atoms with Crippen molar-refractivity contribution in [2.45, 2.75) is 42.0 Å². The first-order valence-corrected chi connectivity index (χ1v) is 13.8. The number of amides is 1. The number of halogens is 1. The van der Waals surface area contributed by atoms with Gasteiger partial charge >= 0.3 is 10.8 Å². The fourth-order valence-corrected chi connectivity index (χ4v) is 9.45. The van der Waals surface area contributed by atoms with Gasteiger partial charge in [0.1, 0.15) is 6.54 Å². The summed E-state index contributed by atoms with van der Waals surface area (Å²) in [7, 11) is 0. The number of carboxylic acids is 1. The first-order valence-electron chi connectivity index (χ1n) is 11.7. The number of anilines is 1. The van der Waals surface area contributed by atoms with E-state index in [1.165, 1.54) is 48.3 Å². The van der Waals surface area contributed by atoms with Crippen molar-refractivity contribution in [2.75, 3.05) is 5.32 Å². The number of fused-ring (bicyclic) bond motifs is 6. The Labute approximate surface area is 215 Å². The summed E-state index contributed by atoms with van der Waals surface area (Å²) in [5.41, 5.74) is 1.84. The van der Waals surface area contributed by atoms with E-state index in [9.17, 15) is 14.4 Å². The second-order valence-electron chi connectivity index (χ2n) is 9.58. The number of carbonyl (C=O) groups is 2. The van der Waals surface area contributed by atoms with Gasteiger partial charge in [-0.3, -0.25) is 14.2 Å². The summed E-state index contributed by atoms with van der Waals surface area (Å²) < 4.78 is 1.62. The third kappa shape index (κ3) is 4.01. The molecule has 2 aromatic carbocycles. The fourth-order valence-electron chi connectivity index (χ4n) is 6.17. The summed E-state index contributed by atoms with van der Waals surface area (Å²) in [5.74, 6) is 0.645. The number of thioether (sulfide) groups is 1. The summed E-state index contributed by atoms with van der Waals surface area (Å²) in [6.45, 7) is -0.0723. The number of carboxylic acid groups (broad SMARTS) is 1. The summed E-state index contributed by atoms with van der Waals surface area (Å²) in [6.07, 6.45) is 3.74. The molecule has 1 aromatic heterocycles. The number of aromatic nitrogens is 1. The molecule has 3 aliphatic rings. The zero-order valence-corrected chi connectivity index (χ0v) is 21.0. The van der Waals surface area contributed by atoms with Crippen molar-refractivity contribution in [3.05, 3.63) is 79.2 Å². The van der Waals surface area contributed by atoms with Crippen LogP contribution in [0.25, 0.3) is 0 Å². The number of hydrogen-bond donors (Lipinski definition) is 2. The van der Waals surface area contributed by atoms with Gasteiger partial charge in [-0.15, -0.1) is 11.8 Å². The molecule has 5 atom stereocenters. The number of nitrogens with one attached hydrogen (secondary N) is 1. The smallest absolute Gasteiger partial charge is 0.335 e. The van der Waals surface area contributed by atoms with Crippen molar-refractivity contribution in [1.82, 2.24) is 4.57 Å². The average molecular weight is 527 g/mol. The van der Waals surface area contributed by atoms with Crippen molar-refractivity contribution in [3.63, 3.8) is 0 Å². The Morgan fingerprint density at radius 1 is 1.06 bits per heavy atom. The SMILES string of the molecule is O=C(Cn1c2c(sc1=O)C(c1ccc(Cl)cc1)C1C3CCC(C3)C1S2)Nc1ccc(C(=O)O)cc1. The monoisotopic (exact) mass is 526 g/mol. The molecule has 0 spiro atoms. The molecule has 35 heavy (non-hydrogen) atoms. The standard InChI is InChI=1S/C26H23ClN2O4S2/c27-17-7-3-13(4-8-17)20-21-15-1-2-16(11-15)22(21)34-24-23(20)35-26(33)29(24)12-19(30)28-18-9-5-14(6-10-18)25(31)32/h3-10,15-16,20-22H,1-2,11-12H2,(H,28,30)(H,31,32). The zero-order chi connectivity index (χ0) is 24.3. The molecule has 2 fully saturated rings. The molecule has 2 N–H and O–H groups in total. The maximum atomic E-state index is 13.1. The maximum absolute atomic E-state index is 13.1. The molecule has 9 heteroatoms. The minimum Gasteiger partial charge on any atom is -0.478 e. The highest BCUT2D eigenvalue weighted by Gasteiger charge is 2.55. The molecule has 1 amide bonds. The first-order chi connectivity index (χ1) is 16.9. The van der Waals surface area contributed by atoms with Crippen LogP contribution in [0.3, 0.4) is 0 Å². The average Bonchev–Trinajstić information content (AvgIpc) is 3.53. The number of hydrogen-bond acceptors (Lipinski definition) is 5. The second kappa shape index (κ2) is 8.84. The highest BCUT2D eigenvalue weighted by Crippen LogP contribution is 2.64. The molecule has 2 heterocycles. The minimum atomic E-state index is -1.02. The Balaban J connectivity index is 1.32. The predicted molar refractivity (Wildman–Crippen MR) is 138 cm³/mol. The number of rotatable bonds is 5. The normalized spacial score (nSPS) is 26.3. The topological polar surface area (TPSA) is 88.4 Å². The Morgan fingerprint density at radius 2 is 1.77 bits per heavy atom. The number of thiazole rings is 1. The van der Waals surface area contributed by atoms with Crippen LogP contribution in [0.5, 0.6) is 0 Å². The number of aromatic carboxylic acids is 1. The summed E-state index contributed by atoms with van der Waals surface area (Å²) in [6, 6.07) is 14.0. The molecule has 6 nitrogen and oxygen atoms in total. The minimum absolute atomic E-state index is 0.0723. The number of benzene rings is 2. The molecule has 2 saturated carbocycles. The maximum Gasteiger partial charge on any atom is 0.335 e. The molecule has 3 aromatic rings. The molecular formula is C26H23ClN2O4S2. The van der Waals surface area contributed by atoms with Crippen LogP contribution in [0.2, 0.25) is 5.02 Å². The summed E-state index contributed by atoms with van der Waals surface area (Å²) >= 11 is 9.23. The van der Waals surface area contributed by atoms with E-state index in [0.29, 0.717) is 33.7 Å². The van der Waals surface area contributed by atoms with Crippen LogP contribution < -0.4 is 10.2 Å². The molecule has 1 aliphatic heterocycles. The van der Waals surface area contributed by atoms with E-state index in [4.69, 9.17) is 16.7 Å². The summed E-state index contributed by atoms with van der Waals surface area (Å²) in [5, 5.41) is 13.9. The van der Waals surface area contributed by atoms with Crippen molar-refractivity contribution >= 4 is 52.3 Å². The van der Waals surface area contributed by atoms with E-state index in [1.54, 1.807) is 28.5 Å². The molecule has 2 aliphatic carbocycles. The van der Waals surface area contributed by atoms with E-state index < -0.39 is 5.97 Å². The van der Waals surface area contributed by atoms with Gasteiger partial charge in [0, 0.05) is 26.8 Å². The summed E-state index contributed by atoms with van der Waals surface area (Å²) in [4.78, 5) is 38.0. The van der Waals surface area contributed by atoms with E-state index in [2.05, 4.69) is 17.4 Å². The third-order valence-electron chi connectivity index (χ3n) is 7.64. The van der Waals surface area contributed by atoms with Gasteiger partial charge in [0.25, 0.3) is 0 Å². The van der Waals surface area contributed by atoms with Crippen LogP contribution >= 0.6 is 34.7 Å². The first kappa shape index (κ1) is 22.9. The van der Waals surface area contributed by atoms with Crippen molar-refractivity contribution < 1.29 is 14.7 Å². The van der Waals surface area contributed by atoms with Crippen LogP contribution in [0.4, 0.5) is 5.69 Å². The van der Waals surface area contributed by atoms with Crippen molar-refractivity contribution in [3.8, 4) is 0 Å². The molecule has 2 bridgehead atoms. The Morgan fingerprint density at radius 3 is 2.49 bits per heavy atom. The van der Waals surface area contributed by atoms with E-state index in [1.807, 2.05) is 12.1 Å². The predicted octanol–water partition coefficient (Wildman–Crippen LogP) is 5.55. The van der Waals surface area contributed by atoms with Gasteiger partial charge in [-0.1, -0.05) is 35.1 Å².